The van der Waals surface area contributed by atoms with Gasteiger partial charge in [0.2, 0.25) is 0 Å². The zero-order chi connectivity index (χ0) is 12.1. The van der Waals surface area contributed by atoms with Gasteiger partial charge in [-0.05, 0) is 34.1 Å². The zero-order valence-electron chi connectivity index (χ0n) is 10.1. The lowest BCUT2D eigenvalue weighted by atomic mass is 9.73. The van der Waals surface area contributed by atoms with Crippen molar-refractivity contribution in [2.24, 2.45) is 0 Å². The first kappa shape index (κ1) is 10.1. The lowest BCUT2D eigenvalue weighted by Crippen LogP contribution is -2.12. The van der Waals surface area contributed by atoms with Crippen molar-refractivity contribution < 1.29 is 4.79 Å². The van der Waals surface area contributed by atoms with Gasteiger partial charge in [0.05, 0.1) is 0 Å². The Morgan fingerprint density at radius 1 is 0.722 bits per heavy atom. The quantitative estimate of drug-likeness (QED) is 0.675. The maximum absolute atomic E-state index is 11.8. The Morgan fingerprint density at radius 2 is 1.17 bits per heavy atom. The minimum Gasteiger partial charge on any atom is -0.300 e. The lowest BCUT2D eigenvalue weighted by molar-refractivity contribution is -0.117. The molecule has 1 heteroatoms. The fraction of sp³-hybridized carbons (Fsp3) is 0.235. The van der Waals surface area contributed by atoms with Gasteiger partial charge in [-0.1, -0.05) is 48.5 Å². The molecule has 1 unspecified atom stereocenters. The molecule has 0 spiro atoms. The Balaban J connectivity index is 2.03. The first-order valence-corrected chi connectivity index (χ1v) is 6.54. The summed E-state index contributed by atoms with van der Waals surface area (Å²) < 4.78 is 0. The molecule has 2 atom stereocenters. The van der Waals surface area contributed by atoms with E-state index in [9.17, 15) is 4.79 Å². The van der Waals surface area contributed by atoms with E-state index >= 15 is 0 Å². The number of rotatable bonds is 0. The molecular weight excluding hydrogens is 220 g/mol. The summed E-state index contributed by atoms with van der Waals surface area (Å²) in [4.78, 5) is 11.8. The molecule has 0 saturated heterocycles. The highest BCUT2D eigenvalue weighted by Gasteiger charge is 2.40. The topological polar surface area (TPSA) is 17.1 Å². The molecule has 18 heavy (non-hydrogen) atoms. The molecule has 1 saturated carbocycles. The fourth-order valence-corrected chi connectivity index (χ4v) is 3.64. The molecule has 88 valence electrons. The summed E-state index contributed by atoms with van der Waals surface area (Å²) in [5.74, 6) is 1.23. The second-order valence-corrected chi connectivity index (χ2v) is 5.33. The van der Waals surface area contributed by atoms with Gasteiger partial charge >= 0.3 is 0 Å². The normalized spacial score (nSPS) is 24.3. The van der Waals surface area contributed by atoms with E-state index in [1.807, 2.05) is 0 Å². The Morgan fingerprint density at radius 3 is 1.67 bits per heavy atom. The fourth-order valence-electron chi connectivity index (χ4n) is 3.64. The Hall–Kier alpha value is -1.89. The second-order valence-electron chi connectivity index (χ2n) is 5.33. The molecular formula is C17H14O. The molecule has 0 radical (unpaired) electrons. The average Bonchev–Trinajstić information content (AvgIpc) is 2.81. The predicted octanol–water partition coefficient (Wildman–Crippen LogP) is 3.90. The van der Waals surface area contributed by atoms with Crippen molar-refractivity contribution in [1.29, 1.82) is 0 Å². The van der Waals surface area contributed by atoms with Gasteiger partial charge in [0.1, 0.15) is 5.78 Å². The molecule has 0 aromatic heterocycles. The van der Waals surface area contributed by atoms with Gasteiger partial charge in [0.25, 0.3) is 0 Å². The molecule has 2 aliphatic carbocycles. The van der Waals surface area contributed by atoms with Crippen LogP contribution < -0.4 is 0 Å². The van der Waals surface area contributed by atoms with Crippen LogP contribution in [0.1, 0.15) is 35.8 Å². The van der Waals surface area contributed by atoms with Crippen molar-refractivity contribution in [3.63, 3.8) is 0 Å². The summed E-state index contributed by atoms with van der Waals surface area (Å²) in [5, 5.41) is 0. The third-order valence-corrected chi connectivity index (χ3v) is 4.39. The Kier molecular flexibility index (Phi) is 1.99. The van der Waals surface area contributed by atoms with Crippen LogP contribution >= 0.6 is 0 Å². The highest BCUT2D eigenvalue weighted by molar-refractivity contribution is 5.87. The third kappa shape index (κ3) is 1.25. The highest BCUT2D eigenvalue weighted by atomic mass is 16.1. The van der Waals surface area contributed by atoms with E-state index in [4.69, 9.17) is 0 Å². The van der Waals surface area contributed by atoms with Crippen LogP contribution in [-0.2, 0) is 4.79 Å². The van der Waals surface area contributed by atoms with Gasteiger partial charge in [-0.25, -0.2) is 0 Å². The molecule has 2 aliphatic rings. The molecule has 0 bridgehead atoms. The molecule has 0 N–H and O–H groups in total. The third-order valence-electron chi connectivity index (χ3n) is 4.39. The van der Waals surface area contributed by atoms with Crippen LogP contribution in [0, 0.1) is 0 Å². The maximum atomic E-state index is 11.8. The Bertz CT molecular complexity index is 586. The number of ketones is 1. The van der Waals surface area contributed by atoms with Crippen LogP contribution in [0.25, 0.3) is 11.1 Å². The van der Waals surface area contributed by atoms with E-state index < -0.39 is 0 Å². The minimum atomic E-state index is 0.406. The molecule has 2 aromatic carbocycles. The number of hydrogen-bond donors (Lipinski definition) is 0. The number of carbonyl (C=O) groups is 1. The summed E-state index contributed by atoms with van der Waals surface area (Å²) in [5.41, 5.74) is 5.38. The molecule has 0 heterocycles. The van der Waals surface area contributed by atoms with Crippen molar-refractivity contribution >= 4 is 5.78 Å². The van der Waals surface area contributed by atoms with Crippen molar-refractivity contribution in [3.8, 4) is 11.1 Å². The largest absolute Gasteiger partial charge is 0.300 e. The molecule has 2 aromatic rings. The van der Waals surface area contributed by atoms with Gasteiger partial charge in [-0.15, -0.1) is 0 Å². The van der Waals surface area contributed by atoms with Crippen LogP contribution in [0.15, 0.2) is 48.5 Å². The predicted molar refractivity (Wildman–Crippen MR) is 71.6 cm³/mol. The van der Waals surface area contributed by atoms with Crippen LogP contribution in [0.2, 0.25) is 0 Å². The molecule has 1 fully saturated rings. The average molecular weight is 234 g/mol. The SMILES string of the molecule is O=C1CC2c3ccccc3-c3ccccc3[C@H]2C1. The number of hydrogen-bond acceptors (Lipinski definition) is 1. The summed E-state index contributed by atoms with van der Waals surface area (Å²) in [7, 11) is 0. The van der Waals surface area contributed by atoms with E-state index in [0.717, 1.165) is 12.8 Å². The lowest BCUT2D eigenvalue weighted by Gasteiger charge is -2.30. The van der Waals surface area contributed by atoms with Crippen LogP contribution in [0.3, 0.4) is 0 Å². The number of Topliss-reactive ketones (excluding diaryl/α,β-unsaturated/α-hetero) is 1. The van der Waals surface area contributed by atoms with Gasteiger partial charge < -0.3 is 0 Å². The van der Waals surface area contributed by atoms with Crippen molar-refractivity contribution in [3.05, 3.63) is 59.7 Å². The van der Waals surface area contributed by atoms with Crippen molar-refractivity contribution in [2.45, 2.75) is 24.7 Å². The monoisotopic (exact) mass is 234 g/mol. The molecule has 0 aliphatic heterocycles. The standard InChI is InChI=1S/C17H14O/c18-11-9-16-14-7-3-1-5-12(14)13-6-2-4-8-15(13)17(16)10-11/h1-8,16-17H,9-10H2/t16-,17?/m1/s1. The maximum Gasteiger partial charge on any atom is 0.134 e. The number of benzene rings is 2. The van der Waals surface area contributed by atoms with Gasteiger partial charge in [0.15, 0.2) is 0 Å². The molecule has 1 nitrogen and oxygen atoms in total. The van der Waals surface area contributed by atoms with Gasteiger partial charge in [-0.2, -0.15) is 0 Å². The molecule has 4 rings (SSSR count). The Labute approximate surface area is 106 Å². The summed E-state index contributed by atoms with van der Waals surface area (Å²) >= 11 is 0. The van der Waals surface area contributed by atoms with E-state index in [1.165, 1.54) is 22.3 Å². The highest BCUT2D eigenvalue weighted by Crippen LogP contribution is 2.53. The summed E-state index contributed by atoms with van der Waals surface area (Å²) in [6, 6.07) is 17.1. The van der Waals surface area contributed by atoms with Crippen LogP contribution in [0.5, 0.6) is 0 Å². The minimum absolute atomic E-state index is 0.406. The van der Waals surface area contributed by atoms with Gasteiger partial charge in [0, 0.05) is 12.8 Å². The second kappa shape index (κ2) is 3.55. The van der Waals surface area contributed by atoms with Crippen molar-refractivity contribution in [2.75, 3.05) is 0 Å². The summed E-state index contributed by atoms with van der Waals surface area (Å²) in [6.07, 6.45) is 1.44. The van der Waals surface area contributed by atoms with E-state index in [-0.39, 0.29) is 0 Å². The number of fused-ring (bicyclic) bond motifs is 6. The van der Waals surface area contributed by atoms with E-state index in [2.05, 4.69) is 48.5 Å². The summed E-state index contributed by atoms with van der Waals surface area (Å²) in [6.45, 7) is 0. The first-order valence-electron chi connectivity index (χ1n) is 6.54. The number of carbonyl (C=O) groups excluding carboxylic acids is 1. The van der Waals surface area contributed by atoms with Crippen LogP contribution in [-0.4, -0.2) is 5.78 Å². The first-order chi connectivity index (χ1) is 8.84. The zero-order valence-corrected chi connectivity index (χ0v) is 10.1. The van der Waals surface area contributed by atoms with Crippen LogP contribution in [0.4, 0.5) is 0 Å². The van der Waals surface area contributed by atoms with Crippen molar-refractivity contribution in [1.82, 2.24) is 0 Å². The molecule has 0 amide bonds. The van der Waals surface area contributed by atoms with E-state index in [0.29, 0.717) is 17.6 Å². The smallest absolute Gasteiger partial charge is 0.134 e. The van der Waals surface area contributed by atoms with E-state index in [1.54, 1.807) is 0 Å². The van der Waals surface area contributed by atoms with Gasteiger partial charge in [-0.3, -0.25) is 4.79 Å².